The maximum atomic E-state index is 5.72. The molecule has 0 saturated carbocycles. The van der Waals surface area contributed by atoms with E-state index in [1.54, 1.807) is 0 Å². The molecule has 1 unspecified atom stereocenters. The number of pyridine rings is 1. The van der Waals surface area contributed by atoms with Crippen molar-refractivity contribution < 1.29 is 0 Å². The predicted octanol–water partition coefficient (Wildman–Crippen LogP) is 2.15. The molecule has 2 aromatic rings. The standard InChI is InChI=1S/C15H22BrN5/c1-3-13-15(16)14(21(2)20-13)10-12(19-17)5-4-11-6-8-18-9-7-11/h6-9,12,19H,3-5,10,17H2,1-2H3. The molecule has 0 amide bonds. The van der Waals surface area contributed by atoms with Gasteiger partial charge in [-0.1, -0.05) is 6.92 Å². The van der Waals surface area contributed by atoms with Crippen molar-refractivity contribution in [2.45, 2.75) is 38.6 Å². The summed E-state index contributed by atoms with van der Waals surface area (Å²) in [5, 5.41) is 4.53. The Kier molecular flexibility index (Phi) is 5.90. The Morgan fingerprint density at radius 3 is 2.67 bits per heavy atom. The second-order valence-corrected chi connectivity index (χ2v) is 5.94. The zero-order valence-corrected chi connectivity index (χ0v) is 14.1. The summed E-state index contributed by atoms with van der Waals surface area (Å²) in [7, 11) is 1.98. The Morgan fingerprint density at radius 2 is 2.10 bits per heavy atom. The smallest absolute Gasteiger partial charge is 0.0766 e. The molecule has 114 valence electrons. The van der Waals surface area contributed by atoms with Crippen LogP contribution < -0.4 is 11.3 Å². The van der Waals surface area contributed by atoms with Gasteiger partial charge in [0.15, 0.2) is 0 Å². The summed E-state index contributed by atoms with van der Waals surface area (Å²) in [5.41, 5.74) is 6.49. The minimum absolute atomic E-state index is 0.217. The molecule has 5 nitrogen and oxygen atoms in total. The van der Waals surface area contributed by atoms with Crippen molar-refractivity contribution in [1.29, 1.82) is 0 Å². The number of hydrogen-bond donors (Lipinski definition) is 2. The molecule has 0 radical (unpaired) electrons. The lowest BCUT2D eigenvalue weighted by Crippen LogP contribution is -2.37. The van der Waals surface area contributed by atoms with Crippen molar-refractivity contribution in [2.24, 2.45) is 12.9 Å². The highest BCUT2D eigenvalue weighted by atomic mass is 79.9. The Bertz CT molecular complexity index is 567. The normalized spacial score (nSPS) is 12.6. The number of rotatable bonds is 7. The van der Waals surface area contributed by atoms with Crippen LogP contribution in [0, 0.1) is 0 Å². The third-order valence-electron chi connectivity index (χ3n) is 3.71. The molecule has 2 rings (SSSR count). The summed E-state index contributed by atoms with van der Waals surface area (Å²) in [4.78, 5) is 4.04. The number of nitrogens with two attached hydrogens (primary N) is 1. The Balaban J connectivity index is 2.01. The van der Waals surface area contributed by atoms with Crippen LogP contribution in [0.25, 0.3) is 0 Å². The van der Waals surface area contributed by atoms with Crippen LogP contribution in [0.1, 0.15) is 30.3 Å². The van der Waals surface area contributed by atoms with Crippen LogP contribution in [0.5, 0.6) is 0 Å². The molecule has 2 aromatic heterocycles. The van der Waals surface area contributed by atoms with Gasteiger partial charge in [0.2, 0.25) is 0 Å². The first-order chi connectivity index (χ1) is 10.2. The van der Waals surface area contributed by atoms with Gasteiger partial charge >= 0.3 is 0 Å². The Labute approximate surface area is 134 Å². The van der Waals surface area contributed by atoms with Gasteiger partial charge in [-0.3, -0.25) is 20.9 Å². The summed E-state index contributed by atoms with van der Waals surface area (Å²) in [6.07, 6.45) is 7.38. The third kappa shape index (κ3) is 4.12. The van der Waals surface area contributed by atoms with Crippen LogP contribution in [0.2, 0.25) is 0 Å². The van der Waals surface area contributed by atoms with E-state index < -0.39 is 0 Å². The summed E-state index contributed by atoms with van der Waals surface area (Å²) >= 11 is 3.66. The third-order valence-corrected chi connectivity index (χ3v) is 4.62. The lowest BCUT2D eigenvalue weighted by atomic mass is 10.0. The molecular formula is C15H22BrN5. The molecule has 0 bridgehead atoms. The molecule has 0 aliphatic carbocycles. The van der Waals surface area contributed by atoms with Crippen molar-refractivity contribution in [1.82, 2.24) is 20.2 Å². The highest BCUT2D eigenvalue weighted by Crippen LogP contribution is 2.23. The maximum absolute atomic E-state index is 5.72. The fourth-order valence-corrected chi connectivity index (χ4v) is 3.19. The summed E-state index contributed by atoms with van der Waals surface area (Å²) in [5.74, 6) is 5.72. The average Bonchev–Trinajstić information content (AvgIpc) is 2.79. The minimum Gasteiger partial charge on any atom is -0.271 e. The number of aryl methyl sites for hydroxylation is 3. The number of hydrazine groups is 1. The van der Waals surface area contributed by atoms with Crippen LogP contribution in [0.3, 0.4) is 0 Å². The van der Waals surface area contributed by atoms with E-state index in [-0.39, 0.29) is 6.04 Å². The van der Waals surface area contributed by atoms with Crippen molar-refractivity contribution in [3.05, 3.63) is 46.0 Å². The second kappa shape index (κ2) is 7.68. The van der Waals surface area contributed by atoms with E-state index in [1.165, 1.54) is 11.3 Å². The largest absolute Gasteiger partial charge is 0.271 e. The van der Waals surface area contributed by atoms with Crippen molar-refractivity contribution in [3.63, 3.8) is 0 Å². The van der Waals surface area contributed by atoms with Gasteiger partial charge in [0.05, 0.1) is 15.9 Å². The zero-order chi connectivity index (χ0) is 15.2. The predicted molar refractivity (Wildman–Crippen MR) is 87.7 cm³/mol. The molecular weight excluding hydrogens is 330 g/mol. The topological polar surface area (TPSA) is 68.8 Å². The van der Waals surface area contributed by atoms with Crippen molar-refractivity contribution >= 4 is 15.9 Å². The number of halogens is 1. The van der Waals surface area contributed by atoms with E-state index in [2.05, 4.69) is 38.4 Å². The first-order valence-corrected chi connectivity index (χ1v) is 8.00. The average molecular weight is 352 g/mol. The SMILES string of the molecule is CCc1nn(C)c(CC(CCc2ccncc2)NN)c1Br. The number of nitrogens with zero attached hydrogens (tertiary/aromatic N) is 3. The summed E-state index contributed by atoms with van der Waals surface area (Å²) in [6.45, 7) is 2.11. The van der Waals surface area contributed by atoms with Crippen LogP contribution in [-0.4, -0.2) is 20.8 Å². The highest BCUT2D eigenvalue weighted by Gasteiger charge is 2.17. The van der Waals surface area contributed by atoms with E-state index in [0.717, 1.165) is 35.8 Å². The number of aromatic nitrogens is 3. The van der Waals surface area contributed by atoms with E-state index in [4.69, 9.17) is 5.84 Å². The Hall–Kier alpha value is -1.24. The molecule has 3 N–H and O–H groups in total. The molecule has 6 heteroatoms. The van der Waals surface area contributed by atoms with Gasteiger partial charge in [-0.2, -0.15) is 5.10 Å². The quantitative estimate of drug-likeness (QED) is 0.592. The van der Waals surface area contributed by atoms with Gasteiger partial charge in [0.25, 0.3) is 0 Å². The zero-order valence-electron chi connectivity index (χ0n) is 12.5. The fraction of sp³-hybridized carbons (Fsp3) is 0.467. The second-order valence-electron chi connectivity index (χ2n) is 5.15. The Morgan fingerprint density at radius 1 is 1.38 bits per heavy atom. The number of nitrogens with one attached hydrogen (secondary N) is 1. The summed E-state index contributed by atoms with van der Waals surface area (Å²) in [6, 6.07) is 4.31. The van der Waals surface area contributed by atoms with Crippen LogP contribution in [-0.2, 0) is 26.3 Å². The van der Waals surface area contributed by atoms with Gasteiger partial charge in [0, 0.05) is 31.9 Å². The highest BCUT2D eigenvalue weighted by molar-refractivity contribution is 9.10. The van der Waals surface area contributed by atoms with Gasteiger partial charge in [-0.05, 0) is 52.9 Å². The first-order valence-electron chi connectivity index (χ1n) is 7.21. The van der Waals surface area contributed by atoms with Gasteiger partial charge in [-0.15, -0.1) is 0 Å². The van der Waals surface area contributed by atoms with Crippen LogP contribution in [0.4, 0.5) is 0 Å². The van der Waals surface area contributed by atoms with Crippen LogP contribution >= 0.6 is 15.9 Å². The fourth-order valence-electron chi connectivity index (χ4n) is 2.41. The lowest BCUT2D eigenvalue weighted by Gasteiger charge is -2.16. The van der Waals surface area contributed by atoms with Gasteiger partial charge in [0.1, 0.15) is 0 Å². The molecule has 0 fully saturated rings. The molecule has 21 heavy (non-hydrogen) atoms. The van der Waals surface area contributed by atoms with Gasteiger partial charge < -0.3 is 0 Å². The summed E-state index contributed by atoms with van der Waals surface area (Å²) < 4.78 is 3.05. The molecule has 0 saturated heterocycles. The van der Waals surface area contributed by atoms with Gasteiger partial charge in [-0.25, -0.2) is 0 Å². The monoisotopic (exact) mass is 351 g/mol. The molecule has 0 aromatic carbocycles. The van der Waals surface area contributed by atoms with E-state index in [0.29, 0.717) is 0 Å². The maximum Gasteiger partial charge on any atom is 0.0766 e. The molecule has 0 aliphatic rings. The molecule has 1 atom stereocenters. The van der Waals surface area contributed by atoms with E-state index in [9.17, 15) is 0 Å². The van der Waals surface area contributed by atoms with Crippen molar-refractivity contribution in [3.8, 4) is 0 Å². The lowest BCUT2D eigenvalue weighted by molar-refractivity contribution is 0.477. The van der Waals surface area contributed by atoms with Crippen molar-refractivity contribution in [2.75, 3.05) is 0 Å². The molecule has 0 spiro atoms. The van der Waals surface area contributed by atoms with E-state index in [1.807, 2.05) is 36.3 Å². The van der Waals surface area contributed by atoms with E-state index >= 15 is 0 Å². The minimum atomic E-state index is 0.217. The van der Waals surface area contributed by atoms with Crippen LogP contribution in [0.15, 0.2) is 29.0 Å². The number of hydrogen-bond acceptors (Lipinski definition) is 4. The first kappa shape index (κ1) is 16.1. The molecule has 2 heterocycles. The molecule has 0 aliphatic heterocycles.